The maximum Gasteiger partial charge on any atom is 0.204 e. The number of rotatable bonds is 7. The minimum Gasteiger partial charge on any atom is -0.493 e. The number of aromatic nitrogens is 3. The second-order valence-electron chi connectivity index (χ2n) is 9.74. The summed E-state index contributed by atoms with van der Waals surface area (Å²) in [5.41, 5.74) is 2.11. The molecular weight excluding hydrogens is 567 g/mol. The predicted octanol–water partition coefficient (Wildman–Crippen LogP) is 6.93. The minimum atomic E-state index is -1.13. The highest BCUT2D eigenvalue weighted by molar-refractivity contribution is 7.99. The van der Waals surface area contributed by atoms with Crippen LogP contribution in [0.25, 0.3) is 22.3 Å². The summed E-state index contributed by atoms with van der Waals surface area (Å²) in [6.07, 6.45) is 6.65. The molecule has 6 rings (SSSR count). The van der Waals surface area contributed by atoms with Gasteiger partial charge in [-0.15, -0.1) is 11.8 Å². The molecule has 2 aromatic heterocycles. The Labute approximate surface area is 244 Å². The van der Waals surface area contributed by atoms with E-state index in [9.17, 15) is 9.18 Å². The van der Waals surface area contributed by atoms with Crippen LogP contribution in [0.15, 0.2) is 59.8 Å². The fraction of sp³-hybridized carbons (Fsp3) is 0.226. The van der Waals surface area contributed by atoms with E-state index in [1.54, 1.807) is 18.5 Å². The molecule has 0 fully saturated rings. The molecule has 0 amide bonds. The van der Waals surface area contributed by atoms with Crippen LogP contribution in [0, 0.1) is 17.5 Å². The number of aliphatic hydroxyl groups excluding tert-OH is 1. The van der Waals surface area contributed by atoms with Crippen LogP contribution in [0.3, 0.4) is 0 Å². The number of carbonyl (C=O) groups excluding carboxylic acids is 1. The Balaban J connectivity index is 0.00000173. The molecule has 1 aliphatic rings. The summed E-state index contributed by atoms with van der Waals surface area (Å²) in [5.74, 6) is -1.95. The van der Waals surface area contributed by atoms with Gasteiger partial charge in [-0.25, -0.2) is 13.8 Å². The lowest BCUT2D eigenvalue weighted by molar-refractivity contribution is -0.107. The van der Waals surface area contributed by atoms with Gasteiger partial charge in [-0.05, 0) is 43.9 Å². The Morgan fingerprint density at radius 1 is 1.17 bits per heavy atom. The topological polar surface area (TPSA) is 100 Å². The number of hydrogen-bond donors (Lipinski definition) is 3. The molecule has 0 spiro atoms. The predicted molar refractivity (Wildman–Crippen MR) is 155 cm³/mol. The number of nitrogens with one attached hydrogen (secondary N) is 2. The average Bonchev–Trinajstić information content (AvgIpc) is 3.70. The van der Waals surface area contributed by atoms with Gasteiger partial charge in [0.15, 0.2) is 11.6 Å². The van der Waals surface area contributed by atoms with E-state index < -0.39 is 22.9 Å². The van der Waals surface area contributed by atoms with Gasteiger partial charge in [0.1, 0.15) is 29.4 Å². The van der Waals surface area contributed by atoms with Crippen LogP contribution in [0.4, 0.5) is 13.2 Å². The van der Waals surface area contributed by atoms with Gasteiger partial charge in [0.05, 0.1) is 22.6 Å². The molecule has 0 bridgehead atoms. The summed E-state index contributed by atoms with van der Waals surface area (Å²) in [4.78, 5) is 22.0. The normalized spacial score (nSPS) is 15.9. The smallest absolute Gasteiger partial charge is 0.204 e. The fourth-order valence-corrected chi connectivity index (χ4v) is 5.99. The fourth-order valence-electron chi connectivity index (χ4n) is 5.28. The number of hydrogen-bond acceptors (Lipinski definition) is 6. The molecule has 0 radical (unpaired) electrons. The van der Waals surface area contributed by atoms with E-state index >= 15 is 8.78 Å². The summed E-state index contributed by atoms with van der Waals surface area (Å²) >= 11 is 1.22. The summed E-state index contributed by atoms with van der Waals surface area (Å²) in [7, 11) is 1.00. The second-order valence-corrected chi connectivity index (χ2v) is 10.6. The largest absolute Gasteiger partial charge is 0.493 e. The monoisotopic (exact) mass is 595 g/mol. The zero-order chi connectivity index (χ0) is 30.0. The van der Waals surface area contributed by atoms with Crippen molar-refractivity contribution in [1.82, 2.24) is 15.0 Å². The van der Waals surface area contributed by atoms with E-state index in [0.29, 0.717) is 29.1 Å². The lowest BCUT2D eigenvalue weighted by Crippen LogP contribution is -2.32. The summed E-state index contributed by atoms with van der Waals surface area (Å²) in [6, 6.07) is 11.3. The molecule has 1 unspecified atom stereocenters. The third-order valence-corrected chi connectivity index (χ3v) is 8.25. The lowest BCUT2D eigenvalue weighted by atomic mass is 9.74. The number of aldehydes is 1. The van der Waals surface area contributed by atoms with Gasteiger partial charge < -0.3 is 29.3 Å². The molecule has 5 aromatic rings. The molecule has 218 valence electrons. The Morgan fingerprint density at radius 2 is 1.98 bits per heavy atom. The van der Waals surface area contributed by atoms with Crippen molar-refractivity contribution in [2.24, 2.45) is 0 Å². The summed E-state index contributed by atoms with van der Waals surface area (Å²) in [6.45, 7) is 2.49. The zero-order valence-corrected chi connectivity index (χ0v) is 23.9. The van der Waals surface area contributed by atoms with Gasteiger partial charge in [-0.2, -0.15) is 4.39 Å². The average molecular weight is 596 g/mol. The van der Waals surface area contributed by atoms with Gasteiger partial charge in [0.25, 0.3) is 0 Å². The van der Waals surface area contributed by atoms with Crippen LogP contribution in [0.1, 0.15) is 30.2 Å². The quantitative estimate of drug-likeness (QED) is 0.139. The molecule has 0 saturated carbocycles. The second kappa shape index (κ2) is 11.9. The number of imidazole rings is 1. The first-order valence-electron chi connectivity index (χ1n) is 13.0. The molecule has 42 heavy (non-hydrogen) atoms. The molecular formula is C31H28F3N3O4S. The lowest BCUT2D eigenvalue weighted by Gasteiger charge is -2.35. The maximum atomic E-state index is 15.1. The first-order chi connectivity index (χ1) is 20.4. The number of aliphatic hydroxyl groups is 1. The van der Waals surface area contributed by atoms with Crippen LogP contribution in [0.2, 0.25) is 0 Å². The molecule has 3 heterocycles. The SMILES string of the molecule is CO.CSc1c(Oc2ccc(F)c(-c3ncc(C4(C)CCOc5c(CC=O)cccc54)[nH]3)c2)c(F)c(F)c2[nH]ccc12. The molecule has 11 heteroatoms. The van der Waals surface area contributed by atoms with Gasteiger partial charge >= 0.3 is 0 Å². The number of para-hydroxylation sites is 1. The van der Waals surface area contributed by atoms with Crippen LogP contribution >= 0.6 is 11.8 Å². The van der Waals surface area contributed by atoms with E-state index in [1.165, 1.54) is 36.2 Å². The highest BCUT2D eigenvalue weighted by Crippen LogP contribution is 2.45. The van der Waals surface area contributed by atoms with Gasteiger partial charge in [0, 0.05) is 53.5 Å². The number of H-pyrrole nitrogens is 2. The Kier molecular flexibility index (Phi) is 8.33. The zero-order valence-electron chi connectivity index (χ0n) is 23.1. The van der Waals surface area contributed by atoms with Gasteiger partial charge in [-0.3, -0.25) is 0 Å². The first-order valence-corrected chi connectivity index (χ1v) is 14.3. The number of nitrogens with zero attached hydrogens (tertiary/aromatic N) is 1. The Morgan fingerprint density at radius 3 is 2.74 bits per heavy atom. The van der Waals surface area contributed by atoms with Crippen LogP contribution in [-0.4, -0.2) is 46.3 Å². The molecule has 3 N–H and O–H groups in total. The van der Waals surface area contributed by atoms with E-state index in [0.717, 1.165) is 30.2 Å². The van der Waals surface area contributed by atoms with Crippen LogP contribution in [0.5, 0.6) is 17.2 Å². The van der Waals surface area contributed by atoms with Gasteiger partial charge in [0.2, 0.25) is 5.82 Å². The number of ether oxygens (including phenoxy) is 2. The van der Waals surface area contributed by atoms with E-state index in [2.05, 4.69) is 15.0 Å². The van der Waals surface area contributed by atoms with Crippen molar-refractivity contribution in [3.63, 3.8) is 0 Å². The molecule has 1 atom stereocenters. The molecule has 7 nitrogen and oxygen atoms in total. The molecule has 1 aliphatic heterocycles. The highest BCUT2D eigenvalue weighted by atomic mass is 32.2. The maximum absolute atomic E-state index is 15.1. The van der Waals surface area contributed by atoms with E-state index in [-0.39, 0.29) is 34.8 Å². The van der Waals surface area contributed by atoms with Crippen LogP contribution in [-0.2, 0) is 16.6 Å². The van der Waals surface area contributed by atoms with Crippen LogP contribution < -0.4 is 9.47 Å². The van der Waals surface area contributed by atoms with E-state index in [1.807, 2.05) is 25.1 Å². The number of fused-ring (bicyclic) bond motifs is 2. The third kappa shape index (κ3) is 4.92. The number of thioether (sulfide) groups is 1. The molecule has 0 aliphatic carbocycles. The Bertz CT molecular complexity index is 1770. The van der Waals surface area contributed by atoms with Crippen molar-refractivity contribution >= 4 is 29.0 Å². The number of halogens is 3. The van der Waals surface area contributed by atoms with Crippen molar-refractivity contribution in [1.29, 1.82) is 0 Å². The standard InChI is InChI=1S/C30H24F3N3O3S.CH4O/c1-30(10-13-38-26-16(9-12-37)4-3-5-20(26)30)22-15-35-29(36-22)19-14-17(6-7-21(19)31)39-27-24(33)23(32)25-18(8-11-34-25)28(27)40-2;1-2/h3-8,11-12,14-15,34H,9-10,13H2,1-2H3,(H,35,36);2H,1H3. The first kappa shape index (κ1) is 29.3. The van der Waals surface area contributed by atoms with Crippen molar-refractivity contribution in [3.8, 4) is 28.6 Å². The van der Waals surface area contributed by atoms with Gasteiger partial charge in [-0.1, -0.05) is 18.2 Å². The highest BCUT2D eigenvalue weighted by Gasteiger charge is 2.37. The minimum absolute atomic E-state index is 0.0542. The van der Waals surface area contributed by atoms with Crippen molar-refractivity contribution in [3.05, 3.63) is 89.1 Å². The number of benzene rings is 3. The third-order valence-electron chi connectivity index (χ3n) is 7.44. The Hall–Kier alpha value is -4.22. The van der Waals surface area contributed by atoms with Crippen molar-refractivity contribution in [2.45, 2.75) is 30.1 Å². The molecule has 0 saturated heterocycles. The molecule has 3 aromatic carbocycles. The summed E-state index contributed by atoms with van der Waals surface area (Å²) < 4.78 is 56.6. The summed E-state index contributed by atoms with van der Waals surface area (Å²) in [5, 5.41) is 7.49. The van der Waals surface area contributed by atoms with Crippen molar-refractivity contribution < 1.29 is 32.5 Å². The van der Waals surface area contributed by atoms with Crippen molar-refractivity contribution in [2.75, 3.05) is 20.0 Å². The van der Waals surface area contributed by atoms with E-state index in [4.69, 9.17) is 14.6 Å². The number of carbonyl (C=O) groups is 1. The number of aromatic amines is 2.